The van der Waals surface area contributed by atoms with Crippen LogP contribution in [0.5, 0.6) is 0 Å². The van der Waals surface area contributed by atoms with Gasteiger partial charge in [0.15, 0.2) is 24.7 Å². The Labute approximate surface area is 369 Å². The van der Waals surface area contributed by atoms with E-state index < -0.39 is 103 Å². The summed E-state index contributed by atoms with van der Waals surface area (Å²) in [6, 6.07) is 0. The Balaban J connectivity index is 0.969. The Hall–Kier alpha value is -0.940. The number of aliphatic hydroxyl groups is 9. The Kier molecular flexibility index (Phi) is 12.2. The van der Waals surface area contributed by atoms with Gasteiger partial charge in [-0.3, -0.25) is 0 Å². The van der Waals surface area contributed by atoms with Crippen LogP contribution >= 0.6 is 0 Å². The van der Waals surface area contributed by atoms with Gasteiger partial charge in [0.1, 0.15) is 61.0 Å². The van der Waals surface area contributed by atoms with Crippen molar-refractivity contribution in [2.75, 3.05) is 26.4 Å². The van der Waals surface area contributed by atoms with Crippen LogP contribution in [0.25, 0.3) is 0 Å². The van der Waals surface area contributed by atoms with Crippen molar-refractivity contribution < 1.29 is 83.9 Å². The lowest BCUT2D eigenvalue weighted by molar-refractivity contribution is -0.384. The normalized spacial score (nSPS) is 57.4. The van der Waals surface area contributed by atoms with Crippen molar-refractivity contribution in [3.05, 3.63) is 11.6 Å². The number of allylic oxidation sites excluding steroid dienone is 1. The quantitative estimate of drug-likeness (QED) is 0.120. The Morgan fingerprint density at radius 1 is 0.714 bits per heavy atom. The van der Waals surface area contributed by atoms with E-state index in [0.29, 0.717) is 25.4 Å². The number of rotatable bonds is 8. The maximum absolute atomic E-state index is 12.2. The van der Waals surface area contributed by atoms with E-state index in [0.717, 1.165) is 44.1 Å². The number of ether oxygens (including phenoxy) is 8. The van der Waals surface area contributed by atoms with Gasteiger partial charge in [-0.25, -0.2) is 0 Å². The van der Waals surface area contributed by atoms with Gasteiger partial charge in [-0.15, -0.1) is 0 Å². The fraction of sp³-hybridized carbons (Fsp3) is 0.957. The van der Waals surface area contributed by atoms with E-state index >= 15 is 0 Å². The molecule has 9 fully saturated rings. The van der Waals surface area contributed by atoms with Gasteiger partial charge in [-0.1, -0.05) is 39.3 Å². The minimum atomic E-state index is -1.79. The first-order valence-corrected chi connectivity index (χ1v) is 23.4. The van der Waals surface area contributed by atoms with Crippen molar-refractivity contribution in [2.24, 2.45) is 45.3 Å². The molecule has 2 bridgehead atoms. The van der Waals surface area contributed by atoms with Gasteiger partial charge in [-0.05, 0) is 93.3 Å². The molecular weight excluding hydrogens is 824 g/mol. The lowest BCUT2D eigenvalue weighted by Crippen LogP contribution is -2.68. The Morgan fingerprint density at radius 3 is 2.11 bits per heavy atom. The molecule has 0 amide bonds. The third-order valence-electron chi connectivity index (χ3n) is 18.4. The predicted molar refractivity (Wildman–Crippen MR) is 219 cm³/mol. The lowest BCUT2D eigenvalue weighted by atomic mass is 9.35. The molecule has 17 nitrogen and oxygen atoms in total. The minimum absolute atomic E-state index is 0.0628. The van der Waals surface area contributed by atoms with E-state index in [1.54, 1.807) is 0 Å². The summed E-state index contributed by atoms with van der Waals surface area (Å²) in [6.45, 7) is 14.8. The lowest BCUT2D eigenvalue weighted by Gasteiger charge is -2.70. The predicted octanol–water partition coefficient (Wildman–Crippen LogP) is 0.606. The van der Waals surface area contributed by atoms with Crippen molar-refractivity contribution in [3.63, 3.8) is 0 Å². The first kappa shape index (κ1) is 47.1. The number of fused-ring (bicyclic) bond motifs is 4. The van der Waals surface area contributed by atoms with Gasteiger partial charge in [0, 0.05) is 24.2 Å². The standard InChI is InChI=1S/C46H74O17/c1-21(2)14-22-15-44(7,55)37-23-8-9-28-42(5)12-11-29(41(3,4)27(42)10-13-43(28,6)45(23)19-46(37,63-22)58-20-45)60-40-36(62-38-33(53)30(50)24(48)17-56-38)35(25(49)18-57-40)61-39-34(54)32(52)31(51)26(16-47)59-39/h14,22-40,47-55H,8-13,15-20H2,1-7H3/t22-,23+,24-,25-,26+,27-,28+,29-,30-,31+,32-,33+,34+,35-,36+,37-,38-,39-,40-,42-,43+,44-,45-,46-/m0/s1. The molecule has 0 aromatic heterocycles. The highest BCUT2D eigenvalue weighted by Gasteiger charge is 2.81. The van der Waals surface area contributed by atoms with Crippen molar-refractivity contribution in [3.8, 4) is 0 Å². The molecule has 5 heterocycles. The van der Waals surface area contributed by atoms with E-state index in [1.165, 1.54) is 0 Å². The molecule has 63 heavy (non-hydrogen) atoms. The molecule has 5 aliphatic heterocycles. The van der Waals surface area contributed by atoms with E-state index in [2.05, 4.69) is 47.6 Å². The zero-order chi connectivity index (χ0) is 45.4. The van der Waals surface area contributed by atoms with Crippen molar-refractivity contribution >= 4 is 0 Å². The summed E-state index contributed by atoms with van der Waals surface area (Å²) in [5.74, 6) is -0.0244. The summed E-state index contributed by atoms with van der Waals surface area (Å²) >= 11 is 0. The summed E-state index contributed by atoms with van der Waals surface area (Å²) in [7, 11) is 0. The molecule has 0 unspecified atom stereocenters. The fourth-order valence-electron chi connectivity index (χ4n) is 15.5. The van der Waals surface area contributed by atoms with Gasteiger partial charge in [-0.2, -0.15) is 0 Å². The van der Waals surface area contributed by atoms with Crippen LogP contribution in [0, 0.1) is 45.3 Å². The zero-order valence-corrected chi connectivity index (χ0v) is 37.8. The van der Waals surface area contributed by atoms with Crippen molar-refractivity contribution in [1.29, 1.82) is 0 Å². The summed E-state index contributed by atoms with van der Waals surface area (Å²) in [5.41, 5.74) is -0.454. The van der Waals surface area contributed by atoms with Crippen molar-refractivity contribution in [2.45, 2.75) is 203 Å². The second-order valence-corrected chi connectivity index (χ2v) is 22.5. The van der Waals surface area contributed by atoms with Crippen LogP contribution in [0.4, 0.5) is 0 Å². The van der Waals surface area contributed by atoms with E-state index in [-0.39, 0.29) is 59.4 Å². The largest absolute Gasteiger partial charge is 0.394 e. The Bertz CT molecular complexity index is 1710. The maximum atomic E-state index is 12.2. The third kappa shape index (κ3) is 7.19. The molecule has 0 radical (unpaired) electrons. The molecular formula is C46H74O17. The van der Waals surface area contributed by atoms with Gasteiger partial charge >= 0.3 is 0 Å². The molecule has 24 atom stereocenters. The summed E-state index contributed by atoms with van der Waals surface area (Å²) in [6.07, 6.45) is -11.4. The molecule has 2 spiro atoms. The summed E-state index contributed by atoms with van der Waals surface area (Å²) in [4.78, 5) is 0. The zero-order valence-electron chi connectivity index (χ0n) is 37.8. The van der Waals surface area contributed by atoms with E-state index in [4.69, 9.17) is 37.9 Å². The molecule has 4 aliphatic carbocycles. The first-order valence-electron chi connectivity index (χ1n) is 23.4. The summed E-state index contributed by atoms with van der Waals surface area (Å²) < 4.78 is 50.6. The highest BCUT2D eigenvalue weighted by Crippen LogP contribution is 2.80. The number of aliphatic hydroxyl groups excluding tert-OH is 8. The second kappa shape index (κ2) is 16.4. The fourth-order valence-corrected chi connectivity index (χ4v) is 15.5. The highest BCUT2D eigenvalue weighted by molar-refractivity contribution is 5.26. The second-order valence-electron chi connectivity index (χ2n) is 22.5. The van der Waals surface area contributed by atoms with Crippen LogP contribution in [0.3, 0.4) is 0 Å². The van der Waals surface area contributed by atoms with Crippen LogP contribution < -0.4 is 0 Å². The number of hydrogen-bond donors (Lipinski definition) is 9. The smallest absolute Gasteiger partial charge is 0.187 e. The highest BCUT2D eigenvalue weighted by atomic mass is 16.8. The monoisotopic (exact) mass is 898 g/mol. The molecule has 17 heteroatoms. The van der Waals surface area contributed by atoms with Crippen LogP contribution in [-0.4, -0.2) is 176 Å². The van der Waals surface area contributed by atoms with Crippen molar-refractivity contribution in [1.82, 2.24) is 0 Å². The first-order chi connectivity index (χ1) is 29.5. The molecule has 4 saturated carbocycles. The van der Waals surface area contributed by atoms with Gasteiger partial charge < -0.3 is 83.9 Å². The molecule has 0 aromatic carbocycles. The van der Waals surface area contributed by atoms with Gasteiger partial charge in [0.25, 0.3) is 0 Å². The Morgan fingerprint density at radius 2 is 1.40 bits per heavy atom. The molecule has 9 N–H and O–H groups in total. The molecule has 9 rings (SSSR count). The molecule has 360 valence electrons. The van der Waals surface area contributed by atoms with Crippen LogP contribution in [0.15, 0.2) is 11.6 Å². The van der Waals surface area contributed by atoms with E-state index in [1.807, 2.05) is 6.92 Å². The minimum Gasteiger partial charge on any atom is -0.394 e. The summed E-state index contributed by atoms with van der Waals surface area (Å²) in [5, 5.41) is 97.0. The SMILES string of the molecule is CC(C)=C[C@H]1C[C@](C)(O)[C@@H]2[C@H]3CC[C@@H]4[C@@]5(C)CC[C@H](O[C@@H]6OC[C@H](O)[C@H](O[C@@H]7O[C@H](CO)[C@@H](O)[C@H](O)[C@H]7O)[C@H]6O[C@@H]6OC[C@H](O)[C@H](O)[C@H]6O)C(C)(C)[C@@H]5CC[C@@]4(C)[C@@]34CO[C@@]2(C4)O1. The molecule has 9 aliphatic rings. The number of hydrogen-bond acceptors (Lipinski definition) is 17. The molecule has 0 aromatic rings. The topological polar surface area (TPSA) is 256 Å². The van der Waals surface area contributed by atoms with Gasteiger partial charge in [0.05, 0.1) is 44.2 Å². The maximum Gasteiger partial charge on any atom is 0.187 e. The average Bonchev–Trinajstić information content (AvgIpc) is 3.73. The van der Waals surface area contributed by atoms with Crippen LogP contribution in [-0.2, 0) is 37.9 Å². The third-order valence-corrected chi connectivity index (χ3v) is 18.4. The molecule has 5 saturated heterocycles. The van der Waals surface area contributed by atoms with E-state index in [9.17, 15) is 46.0 Å². The van der Waals surface area contributed by atoms with Crippen LogP contribution in [0.2, 0.25) is 0 Å². The average molecular weight is 899 g/mol. The van der Waals surface area contributed by atoms with Crippen LogP contribution in [0.1, 0.15) is 99.8 Å². The van der Waals surface area contributed by atoms with Gasteiger partial charge in [0.2, 0.25) is 0 Å².